The number of hydrogen-bond donors (Lipinski definition) is 0. The van der Waals surface area contributed by atoms with E-state index in [1.807, 2.05) is 48.6 Å². The fraction of sp³-hybridized carbons (Fsp3) is 0.200. The van der Waals surface area contributed by atoms with Gasteiger partial charge in [-0.15, -0.1) is 0 Å². The Morgan fingerprint density at radius 2 is 1.05 bits per heavy atom. The van der Waals surface area contributed by atoms with Crippen LogP contribution in [0.25, 0.3) is 0 Å². The summed E-state index contributed by atoms with van der Waals surface area (Å²) < 4.78 is 2.09. The van der Waals surface area contributed by atoms with Crippen LogP contribution in [0.5, 0.6) is 0 Å². The Morgan fingerprint density at radius 3 is 1.51 bits per heavy atom. The Morgan fingerprint density at radius 1 is 0.590 bits per heavy atom. The lowest BCUT2D eigenvalue weighted by Crippen LogP contribution is -2.60. The van der Waals surface area contributed by atoms with Crippen molar-refractivity contribution in [3.8, 4) is 0 Å². The Balaban J connectivity index is 1.45. The van der Waals surface area contributed by atoms with Gasteiger partial charge >= 0.3 is 0 Å². The molecular formula is C30H19Br3N2O4. The van der Waals surface area contributed by atoms with E-state index in [4.69, 9.17) is 0 Å². The number of para-hydroxylation sites is 2. The van der Waals surface area contributed by atoms with Crippen molar-refractivity contribution in [2.24, 2.45) is 29.6 Å². The number of hydrogen-bond acceptors (Lipinski definition) is 4. The number of anilines is 2. The first-order valence-electron chi connectivity index (χ1n) is 12.5. The Bertz CT molecular complexity index is 1550. The largest absolute Gasteiger partial charge is 0.274 e. The maximum Gasteiger partial charge on any atom is 0.238 e. The molecule has 194 valence electrons. The second-order valence-electron chi connectivity index (χ2n) is 10.3. The smallest absolute Gasteiger partial charge is 0.238 e. The zero-order valence-corrected chi connectivity index (χ0v) is 24.9. The number of benzene rings is 3. The summed E-state index contributed by atoms with van der Waals surface area (Å²) in [7, 11) is 0. The number of rotatable bonds is 3. The first kappa shape index (κ1) is 25.1. The van der Waals surface area contributed by atoms with Crippen LogP contribution in [0.15, 0.2) is 98.4 Å². The molecule has 3 aromatic carbocycles. The van der Waals surface area contributed by atoms with Crippen molar-refractivity contribution in [2.45, 2.75) is 5.41 Å². The molecule has 2 aliphatic heterocycles. The minimum Gasteiger partial charge on any atom is -0.274 e. The highest BCUT2D eigenvalue weighted by Gasteiger charge is 2.75. The molecule has 9 heteroatoms. The zero-order chi connectivity index (χ0) is 27.2. The Kier molecular flexibility index (Phi) is 5.67. The van der Waals surface area contributed by atoms with Crippen LogP contribution >= 0.6 is 47.8 Å². The van der Waals surface area contributed by atoms with Gasteiger partial charge < -0.3 is 0 Å². The van der Waals surface area contributed by atoms with E-state index in [1.165, 1.54) is 9.80 Å². The molecule has 3 fully saturated rings. The number of nitrogens with zero attached hydrogens (tertiary/aromatic N) is 2. The third-order valence-electron chi connectivity index (χ3n) is 8.69. The molecule has 4 amide bonds. The molecule has 2 bridgehead atoms. The van der Waals surface area contributed by atoms with Crippen molar-refractivity contribution < 1.29 is 19.2 Å². The second kappa shape index (κ2) is 8.81. The number of carbonyl (C=O) groups excluding carboxylic acids is 4. The van der Waals surface area contributed by atoms with E-state index in [0.29, 0.717) is 20.3 Å². The molecule has 3 aliphatic carbocycles. The van der Waals surface area contributed by atoms with Gasteiger partial charge in [0.15, 0.2) is 0 Å². The van der Waals surface area contributed by atoms with E-state index in [2.05, 4.69) is 47.8 Å². The van der Waals surface area contributed by atoms with Gasteiger partial charge in [-0.25, -0.2) is 9.80 Å². The standard InChI is InChI=1S/C30H19Br3N2O4/c31-16-11-9-15(10-12-16)30-14-13-17(22-24(30)28(38)34(26(22)36)20-7-3-1-5-18(20)32)23-25(30)29(39)35(27(23)37)21-8-4-2-6-19(21)33/h1-14,17,22-25H. The molecule has 2 heterocycles. The average Bonchev–Trinajstić information content (AvgIpc) is 3.37. The average molecular weight is 711 g/mol. The van der Waals surface area contributed by atoms with Crippen LogP contribution in [-0.4, -0.2) is 23.6 Å². The molecule has 0 aromatic heterocycles. The Hall–Kier alpha value is -2.88. The Labute approximate surface area is 249 Å². The van der Waals surface area contributed by atoms with Crippen molar-refractivity contribution in [1.29, 1.82) is 0 Å². The molecule has 0 radical (unpaired) electrons. The maximum absolute atomic E-state index is 14.3. The molecule has 2 saturated heterocycles. The molecule has 5 aliphatic rings. The van der Waals surface area contributed by atoms with Gasteiger partial charge in [-0.2, -0.15) is 0 Å². The van der Waals surface area contributed by atoms with E-state index < -0.39 is 35.0 Å². The normalized spacial score (nSPS) is 30.8. The minimum absolute atomic E-state index is 0.342. The molecule has 6 nitrogen and oxygen atoms in total. The summed E-state index contributed by atoms with van der Waals surface area (Å²) in [6.07, 6.45) is 3.82. The first-order chi connectivity index (χ1) is 18.8. The van der Waals surface area contributed by atoms with Crippen LogP contribution in [0.4, 0.5) is 11.4 Å². The van der Waals surface area contributed by atoms with Crippen LogP contribution in [0.2, 0.25) is 0 Å². The van der Waals surface area contributed by atoms with Crippen LogP contribution in [0, 0.1) is 29.6 Å². The second-order valence-corrected chi connectivity index (χ2v) is 12.9. The summed E-state index contributed by atoms with van der Waals surface area (Å²) in [6.45, 7) is 0. The molecule has 3 aromatic rings. The summed E-state index contributed by atoms with van der Waals surface area (Å²) in [4.78, 5) is 59.4. The fourth-order valence-electron chi connectivity index (χ4n) is 7.23. The minimum atomic E-state index is -1.17. The summed E-state index contributed by atoms with van der Waals surface area (Å²) in [5.41, 5.74) is 0.487. The van der Waals surface area contributed by atoms with Crippen LogP contribution in [0.3, 0.4) is 0 Å². The fourth-order valence-corrected chi connectivity index (χ4v) is 8.42. The predicted octanol–water partition coefficient (Wildman–Crippen LogP) is 6.02. The van der Waals surface area contributed by atoms with Crippen molar-refractivity contribution in [3.63, 3.8) is 0 Å². The van der Waals surface area contributed by atoms with Crippen molar-refractivity contribution in [2.75, 3.05) is 9.80 Å². The topological polar surface area (TPSA) is 74.8 Å². The van der Waals surface area contributed by atoms with Gasteiger partial charge in [0.1, 0.15) is 0 Å². The van der Waals surface area contributed by atoms with Gasteiger partial charge in [0.05, 0.1) is 35.0 Å². The van der Waals surface area contributed by atoms with E-state index in [-0.39, 0.29) is 23.6 Å². The zero-order valence-electron chi connectivity index (χ0n) is 20.1. The van der Waals surface area contributed by atoms with Crippen LogP contribution in [0.1, 0.15) is 5.56 Å². The van der Waals surface area contributed by atoms with Crippen LogP contribution in [-0.2, 0) is 24.6 Å². The predicted molar refractivity (Wildman–Crippen MR) is 156 cm³/mol. The lowest BCUT2D eigenvalue weighted by Gasteiger charge is -2.53. The van der Waals surface area contributed by atoms with Gasteiger partial charge in [0.25, 0.3) is 0 Å². The summed E-state index contributed by atoms with van der Waals surface area (Å²) >= 11 is 10.5. The van der Waals surface area contributed by atoms with Crippen molar-refractivity contribution >= 4 is 82.8 Å². The van der Waals surface area contributed by atoms with E-state index >= 15 is 0 Å². The lowest BCUT2D eigenvalue weighted by atomic mass is 9.45. The highest BCUT2D eigenvalue weighted by atomic mass is 79.9. The molecule has 0 N–H and O–H groups in total. The maximum atomic E-state index is 14.3. The van der Waals surface area contributed by atoms with Crippen LogP contribution < -0.4 is 9.80 Å². The van der Waals surface area contributed by atoms with E-state index in [0.717, 1.165) is 10.0 Å². The molecule has 1 saturated carbocycles. The van der Waals surface area contributed by atoms with Gasteiger partial charge in [-0.1, -0.05) is 64.5 Å². The van der Waals surface area contributed by atoms with E-state index in [9.17, 15) is 19.2 Å². The SMILES string of the molecule is O=C1C2C3C=CC(c4ccc(Br)cc4)(C2C(=O)N1c1ccccc1Br)C1C(=O)N(c2ccccc2Br)C(=O)C31. The summed E-state index contributed by atoms with van der Waals surface area (Å²) in [5, 5.41) is 0. The molecule has 4 atom stereocenters. The quantitative estimate of drug-likeness (QED) is 0.246. The number of imide groups is 2. The highest BCUT2D eigenvalue weighted by molar-refractivity contribution is 9.11. The molecule has 0 spiro atoms. The number of amides is 4. The third-order valence-corrected chi connectivity index (χ3v) is 10.6. The monoisotopic (exact) mass is 708 g/mol. The summed E-state index contributed by atoms with van der Waals surface area (Å²) in [5.74, 6) is -5.16. The van der Waals surface area contributed by atoms with Gasteiger partial charge in [0.2, 0.25) is 23.6 Å². The van der Waals surface area contributed by atoms with E-state index in [1.54, 1.807) is 36.4 Å². The molecule has 39 heavy (non-hydrogen) atoms. The first-order valence-corrected chi connectivity index (χ1v) is 14.9. The van der Waals surface area contributed by atoms with Gasteiger partial charge in [0, 0.05) is 24.8 Å². The third kappa shape index (κ3) is 3.24. The van der Waals surface area contributed by atoms with Gasteiger partial charge in [-0.05, 0) is 73.8 Å². The molecular weight excluding hydrogens is 692 g/mol. The number of allylic oxidation sites excluding steroid dienone is 2. The van der Waals surface area contributed by atoms with Gasteiger partial charge in [-0.3, -0.25) is 19.2 Å². The molecule has 8 rings (SSSR count). The number of halogens is 3. The highest BCUT2D eigenvalue weighted by Crippen LogP contribution is 2.65. The number of carbonyl (C=O) groups is 4. The summed E-state index contributed by atoms with van der Waals surface area (Å²) in [6, 6.07) is 21.7. The van der Waals surface area contributed by atoms with Crippen molar-refractivity contribution in [1.82, 2.24) is 0 Å². The van der Waals surface area contributed by atoms with Crippen molar-refractivity contribution in [3.05, 3.63) is 104 Å². The lowest BCUT2D eigenvalue weighted by molar-refractivity contribution is -0.140. The molecule has 4 unspecified atom stereocenters.